The number of esters is 1. The van der Waals surface area contributed by atoms with Gasteiger partial charge in [-0.25, -0.2) is 3.21 Å². The summed E-state index contributed by atoms with van der Waals surface area (Å²) in [5, 5.41) is 0. The predicted molar refractivity (Wildman–Crippen MR) is 105 cm³/mol. The van der Waals surface area contributed by atoms with E-state index in [1.54, 1.807) is 0 Å². The first kappa shape index (κ1) is 17.9. The van der Waals surface area contributed by atoms with E-state index in [1.165, 1.54) is 0 Å². The van der Waals surface area contributed by atoms with Gasteiger partial charge in [-0.3, -0.25) is 9.59 Å². The van der Waals surface area contributed by atoms with Crippen LogP contribution in [-0.4, -0.2) is 24.1 Å². The molecule has 7 atom stereocenters. The van der Waals surface area contributed by atoms with E-state index in [9.17, 15) is 9.59 Å². The number of halogens is 1. The van der Waals surface area contributed by atoms with Crippen molar-refractivity contribution in [2.45, 2.75) is 71.3 Å². The highest BCUT2D eigenvalue weighted by Gasteiger charge is 2.59. The van der Waals surface area contributed by atoms with Crippen LogP contribution in [0.2, 0.25) is 0 Å². The first-order valence-corrected chi connectivity index (χ1v) is 10.7. The molecule has 0 spiro atoms. The minimum Gasteiger partial charge on any atom is -0.462 e. The van der Waals surface area contributed by atoms with Gasteiger partial charge in [-0.2, -0.15) is 0 Å². The average molecular weight is 457 g/mol. The van der Waals surface area contributed by atoms with Crippen molar-refractivity contribution < 1.29 is 14.3 Å². The number of carbonyl (C=O) groups excluding carboxylic acids is 2. The van der Waals surface area contributed by atoms with E-state index in [2.05, 4.69) is 46.1 Å². The van der Waals surface area contributed by atoms with Crippen LogP contribution in [0.3, 0.4) is 0 Å². The lowest BCUT2D eigenvalue weighted by atomic mass is 9.55. The lowest BCUT2D eigenvalue weighted by molar-refractivity contribution is -0.146. The lowest BCUT2D eigenvalue weighted by Gasteiger charge is -2.47. The second-order valence-corrected chi connectivity index (χ2v) is 9.76. The number of rotatable bonds is 2. The number of carbonyl (C=O) groups is 2. The van der Waals surface area contributed by atoms with Gasteiger partial charge < -0.3 is 4.74 Å². The minimum absolute atomic E-state index is 0.0182. The van der Waals surface area contributed by atoms with Gasteiger partial charge >= 0.3 is 5.97 Å². The van der Waals surface area contributed by atoms with Gasteiger partial charge in [0.2, 0.25) is 0 Å². The highest BCUT2D eigenvalue weighted by atomic mass is 127. The highest BCUT2D eigenvalue weighted by Crippen LogP contribution is 2.60. The molecule has 0 aromatic carbocycles. The normalized spacial score (nSPS) is 50.0. The van der Waals surface area contributed by atoms with Crippen LogP contribution in [0.1, 0.15) is 65.2 Å². The molecule has 0 aromatic rings. The fraction of sp³-hybridized carbons (Fsp3) is 0.850. The summed E-state index contributed by atoms with van der Waals surface area (Å²) in [6.45, 7) is 4.51. The summed E-state index contributed by atoms with van der Waals surface area (Å²) in [6, 6.07) is 0. The zero-order valence-electron chi connectivity index (χ0n) is 15.2. The monoisotopic (exact) mass is 457 g/mol. The molecular weight excluding hydrogens is 429 g/mol. The maximum Gasteiger partial charge on any atom is 0.309 e. The van der Waals surface area contributed by atoms with E-state index in [1.807, 2.05) is 0 Å². The van der Waals surface area contributed by atoms with Gasteiger partial charge in [0, 0.05) is 24.0 Å². The van der Waals surface area contributed by atoms with Crippen LogP contribution in [0.15, 0.2) is 3.21 Å². The molecule has 1 unspecified atom stereocenters. The number of ketones is 1. The molecule has 4 fully saturated rings. The summed E-state index contributed by atoms with van der Waals surface area (Å²) in [5.74, 6) is 1.58. The lowest BCUT2D eigenvalue weighted by Crippen LogP contribution is -2.46. The van der Waals surface area contributed by atoms with E-state index in [0.717, 1.165) is 44.9 Å². The Labute approximate surface area is 164 Å². The molecule has 4 nitrogen and oxygen atoms in total. The zero-order valence-corrected chi connectivity index (χ0v) is 17.3. The third kappa shape index (κ3) is 2.62. The summed E-state index contributed by atoms with van der Waals surface area (Å²) < 4.78 is 9.98. The topological polar surface area (TPSA) is 55.7 Å². The second kappa shape index (κ2) is 6.31. The van der Waals surface area contributed by atoms with Gasteiger partial charge in [-0.1, -0.05) is 20.3 Å². The number of hydrogen-bond acceptors (Lipinski definition) is 4. The summed E-state index contributed by atoms with van der Waals surface area (Å²) in [5.41, 5.74) is -0.218. The fourth-order valence-electron chi connectivity index (χ4n) is 6.70. The van der Waals surface area contributed by atoms with Gasteiger partial charge in [0.25, 0.3) is 0 Å². The van der Waals surface area contributed by atoms with Crippen LogP contribution >= 0.6 is 22.9 Å². The Morgan fingerprint density at radius 2 is 1.96 bits per heavy atom. The average Bonchev–Trinajstić information content (AvgIpc) is 3.00. The molecule has 3 saturated carbocycles. The van der Waals surface area contributed by atoms with Gasteiger partial charge in [-0.05, 0) is 55.8 Å². The Morgan fingerprint density at radius 1 is 1.16 bits per heavy atom. The van der Waals surface area contributed by atoms with Crippen LogP contribution in [0.4, 0.5) is 0 Å². The maximum atomic E-state index is 12.7. The van der Waals surface area contributed by atoms with Crippen LogP contribution in [0.5, 0.6) is 0 Å². The van der Waals surface area contributed by atoms with Crippen molar-refractivity contribution in [3.8, 4) is 0 Å². The quantitative estimate of drug-likeness (QED) is 0.348. The van der Waals surface area contributed by atoms with Crippen LogP contribution in [-0.2, 0) is 14.3 Å². The van der Waals surface area contributed by atoms with Crippen LogP contribution in [0.25, 0.3) is 0 Å². The number of Topliss-reactive ketones (excluding diaryl/α,β-unsaturated/α-hetero) is 1. The molecule has 4 aliphatic rings. The van der Waals surface area contributed by atoms with Gasteiger partial charge in [0.05, 0.1) is 28.8 Å². The van der Waals surface area contributed by atoms with Crippen molar-refractivity contribution >= 4 is 40.8 Å². The first-order chi connectivity index (χ1) is 11.9. The first-order valence-electron chi connectivity index (χ1n) is 9.78. The molecule has 0 aromatic heterocycles. The van der Waals surface area contributed by atoms with Gasteiger partial charge in [0.1, 0.15) is 11.9 Å². The summed E-state index contributed by atoms with van der Waals surface area (Å²) in [7, 11) is 0. The Hall–Kier alpha value is -0.460. The Bertz CT molecular complexity index is 620. The summed E-state index contributed by atoms with van der Waals surface area (Å²) in [6.07, 6.45) is 10.0. The van der Waals surface area contributed by atoms with E-state index in [4.69, 9.17) is 4.74 Å². The Kier molecular flexibility index (Phi) is 4.52. The van der Waals surface area contributed by atoms with Crippen LogP contribution < -0.4 is 0 Å². The number of nitrogens with zero attached hydrogens (tertiary/aromatic N) is 1. The predicted octanol–water partition coefficient (Wildman–Crippen LogP) is 4.54. The summed E-state index contributed by atoms with van der Waals surface area (Å²) >= 11 is 2.07. The second-order valence-electron chi connectivity index (χ2n) is 9.20. The third-order valence-corrected chi connectivity index (χ3v) is 8.54. The molecule has 1 heterocycles. The molecule has 3 aliphatic carbocycles. The molecule has 2 bridgehead atoms. The van der Waals surface area contributed by atoms with Crippen molar-refractivity contribution in [2.24, 2.45) is 37.7 Å². The molecule has 0 amide bonds. The maximum absolute atomic E-state index is 12.7. The molecule has 25 heavy (non-hydrogen) atoms. The smallest absolute Gasteiger partial charge is 0.309 e. The molecule has 4 rings (SSSR count). The SMILES string of the molecule is C[C@]1([C@H]2CCC[C@]3(C)C(=O)CC[C@H]3[C@@H]2/C=N/I)CCC2C[C@@H]1C(=O)O2. The molecule has 5 heteroatoms. The van der Waals surface area contributed by atoms with E-state index < -0.39 is 0 Å². The van der Waals surface area contributed by atoms with E-state index >= 15 is 0 Å². The molecule has 138 valence electrons. The van der Waals surface area contributed by atoms with Crippen molar-refractivity contribution in [2.75, 3.05) is 0 Å². The van der Waals surface area contributed by atoms with E-state index in [-0.39, 0.29) is 28.8 Å². The molecule has 1 aliphatic heterocycles. The Morgan fingerprint density at radius 3 is 2.72 bits per heavy atom. The highest BCUT2D eigenvalue weighted by molar-refractivity contribution is 14.1. The number of fused-ring (bicyclic) bond motifs is 3. The van der Waals surface area contributed by atoms with Gasteiger partial charge in [0.15, 0.2) is 0 Å². The largest absolute Gasteiger partial charge is 0.462 e. The Balaban J connectivity index is 1.73. The van der Waals surface area contributed by atoms with Crippen LogP contribution in [0, 0.1) is 34.5 Å². The third-order valence-electron chi connectivity index (χ3n) is 8.22. The molecular formula is C20H28INO3. The zero-order chi connectivity index (χ0) is 17.8. The molecule has 0 N–H and O–H groups in total. The van der Waals surface area contributed by atoms with Crippen molar-refractivity contribution in [3.05, 3.63) is 0 Å². The standard InChI is InChI=1S/C20H28INO3/c1-19(9-7-12-10-16(19)18(24)25-12)14-4-3-8-20(2)15(5-6-17(20)23)13(14)11-22-21/h11-16H,3-10H2,1-2H3/b22-11+/t12?,13-,14+,15+,16-,19-,20+/m1/s1. The van der Waals surface area contributed by atoms with Crippen molar-refractivity contribution in [3.63, 3.8) is 0 Å². The summed E-state index contributed by atoms with van der Waals surface area (Å²) in [4.78, 5) is 25.2. The number of ether oxygens (including phenoxy) is 1. The minimum atomic E-state index is -0.193. The molecule has 1 saturated heterocycles. The number of hydrogen-bond donors (Lipinski definition) is 0. The van der Waals surface area contributed by atoms with Crippen molar-refractivity contribution in [1.82, 2.24) is 0 Å². The van der Waals surface area contributed by atoms with Crippen molar-refractivity contribution in [1.29, 1.82) is 0 Å². The molecule has 0 radical (unpaired) electrons. The van der Waals surface area contributed by atoms with Gasteiger partial charge in [-0.15, -0.1) is 0 Å². The fourth-order valence-corrected chi connectivity index (χ4v) is 7.07. The van der Waals surface area contributed by atoms with E-state index in [0.29, 0.717) is 30.0 Å².